The Bertz CT molecular complexity index is 3790. The average molecular weight is 907 g/mol. The number of hydrogen-bond donors (Lipinski definition) is 0. The lowest BCUT2D eigenvalue weighted by atomic mass is 9.85. The zero-order chi connectivity index (χ0) is 47.7. The van der Waals surface area contributed by atoms with Gasteiger partial charge >= 0.3 is 0 Å². The highest BCUT2D eigenvalue weighted by Crippen LogP contribution is 2.45. The molecule has 0 spiro atoms. The maximum atomic E-state index is 6.46. The quantitative estimate of drug-likeness (QED) is 0.160. The van der Waals surface area contributed by atoms with Gasteiger partial charge in [-0.15, -0.1) is 0 Å². The van der Waals surface area contributed by atoms with E-state index in [1.807, 2.05) is 18.2 Å². The molecule has 5 nitrogen and oxygen atoms in total. The Labute approximate surface area is 409 Å². The van der Waals surface area contributed by atoms with Gasteiger partial charge in [-0.25, -0.2) is 15.0 Å². The number of aromatic nitrogens is 4. The van der Waals surface area contributed by atoms with Crippen LogP contribution < -0.4 is 10.6 Å². The van der Waals surface area contributed by atoms with Gasteiger partial charge in [-0.1, -0.05) is 187 Å². The van der Waals surface area contributed by atoms with Gasteiger partial charge in [0.15, 0.2) is 17.5 Å². The van der Waals surface area contributed by atoms with Crippen molar-refractivity contribution in [3.8, 4) is 61.8 Å². The molecule has 5 heteroatoms. The van der Waals surface area contributed by atoms with Crippen LogP contribution in [0.3, 0.4) is 0 Å². The van der Waals surface area contributed by atoms with Crippen molar-refractivity contribution in [2.24, 2.45) is 0 Å². The molecular formula is C65H54N4O. The maximum Gasteiger partial charge on any atom is 0.164 e. The SMILES string of the molecule is CC(C)(C)c1ccc2c(c1)c1cc(C(C)(C)C)ccc1n2-c1c(-c2ccccc2)cc(-c2nc(C3=c4c(oc5ccccc45)=CCC3)nc(-c3ccc(-c4ccccc4)cc3)n2)cc1-c1ccccc1. The van der Waals surface area contributed by atoms with Crippen LogP contribution >= 0.6 is 0 Å². The van der Waals surface area contributed by atoms with E-state index in [-0.39, 0.29) is 10.8 Å². The van der Waals surface area contributed by atoms with Crippen LogP contribution in [-0.4, -0.2) is 19.5 Å². The Morgan fingerprint density at radius 2 is 0.900 bits per heavy atom. The van der Waals surface area contributed by atoms with Gasteiger partial charge in [-0.2, -0.15) is 0 Å². The molecule has 0 fully saturated rings. The molecule has 70 heavy (non-hydrogen) atoms. The topological polar surface area (TPSA) is 56.7 Å². The van der Waals surface area contributed by atoms with Crippen molar-refractivity contribution in [2.45, 2.75) is 65.2 Å². The van der Waals surface area contributed by atoms with Crippen molar-refractivity contribution in [1.29, 1.82) is 0 Å². The minimum atomic E-state index is -0.0249. The summed E-state index contributed by atoms with van der Waals surface area (Å²) in [4.78, 5) is 16.3. The molecule has 0 atom stereocenters. The van der Waals surface area contributed by atoms with Gasteiger partial charge in [0.05, 0.1) is 16.7 Å². The van der Waals surface area contributed by atoms with E-state index < -0.39 is 0 Å². The van der Waals surface area contributed by atoms with Crippen molar-refractivity contribution in [2.75, 3.05) is 0 Å². The predicted octanol–water partition coefficient (Wildman–Crippen LogP) is 15.4. The first-order valence-corrected chi connectivity index (χ1v) is 24.5. The molecule has 0 aliphatic heterocycles. The predicted molar refractivity (Wildman–Crippen MR) is 290 cm³/mol. The van der Waals surface area contributed by atoms with Crippen molar-refractivity contribution < 1.29 is 4.42 Å². The van der Waals surface area contributed by atoms with E-state index >= 15 is 0 Å². The van der Waals surface area contributed by atoms with Gasteiger partial charge < -0.3 is 8.98 Å². The second-order valence-electron chi connectivity index (χ2n) is 20.8. The second kappa shape index (κ2) is 16.8. The Hall–Kier alpha value is -8.15. The average Bonchev–Trinajstić information content (AvgIpc) is 3.94. The van der Waals surface area contributed by atoms with Gasteiger partial charge in [0.1, 0.15) is 11.0 Å². The fourth-order valence-corrected chi connectivity index (χ4v) is 10.3. The van der Waals surface area contributed by atoms with Crippen molar-refractivity contribution in [1.82, 2.24) is 19.5 Å². The Morgan fingerprint density at radius 1 is 0.429 bits per heavy atom. The first-order chi connectivity index (χ1) is 34.0. The van der Waals surface area contributed by atoms with Crippen molar-refractivity contribution in [3.05, 3.63) is 216 Å². The highest BCUT2D eigenvalue weighted by molar-refractivity contribution is 6.11. The van der Waals surface area contributed by atoms with E-state index in [0.717, 1.165) is 101 Å². The normalized spacial score (nSPS) is 13.0. The maximum absolute atomic E-state index is 6.46. The highest BCUT2D eigenvalue weighted by atomic mass is 16.3. The zero-order valence-corrected chi connectivity index (χ0v) is 40.6. The third-order valence-electron chi connectivity index (χ3n) is 14.1. The fourth-order valence-electron chi connectivity index (χ4n) is 10.3. The lowest BCUT2D eigenvalue weighted by Crippen LogP contribution is -2.27. The first-order valence-electron chi connectivity index (χ1n) is 24.5. The molecular weight excluding hydrogens is 853 g/mol. The van der Waals surface area contributed by atoms with Crippen LogP contribution in [0.4, 0.5) is 0 Å². The molecule has 0 N–H and O–H groups in total. The fraction of sp³-hybridized carbons (Fsp3) is 0.154. The van der Waals surface area contributed by atoms with E-state index in [1.165, 1.54) is 21.9 Å². The molecule has 340 valence electrons. The monoisotopic (exact) mass is 906 g/mol. The van der Waals surface area contributed by atoms with E-state index in [1.54, 1.807) is 0 Å². The Balaban J connectivity index is 1.17. The molecule has 8 aromatic carbocycles. The molecule has 0 unspecified atom stereocenters. The Morgan fingerprint density at radius 3 is 1.46 bits per heavy atom. The first kappa shape index (κ1) is 43.2. The van der Waals surface area contributed by atoms with E-state index in [2.05, 4.69) is 222 Å². The van der Waals surface area contributed by atoms with Gasteiger partial charge in [-0.3, -0.25) is 0 Å². The van der Waals surface area contributed by atoms with Crippen LogP contribution in [0.1, 0.15) is 71.3 Å². The molecule has 1 aliphatic rings. The second-order valence-corrected chi connectivity index (χ2v) is 20.8. The van der Waals surface area contributed by atoms with Crippen LogP contribution in [0.25, 0.3) is 106 Å². The van der Waals surface area contributed by atoms with Crippen molar-refractivity contribution >= 4 is 44.4 Å². The van der Waals surface area contributed by atoms with Gasteiger partial charge in [-0.05, 0) is 106 Å². The minimum absolute atomic E-state index is 0.0249. The molecule has 11 aromatic rings. The summed E-state index contributed by atoms with van der Waals surface area (Å²) in [5.74, 6) is 1.89. The molecule has 0 saturated heterocycles. The number of rotatable bonds is 7. The molecule has 3 aromatic heterocycles. The number of hydrogen-bond acceptors (Lipinski definition) is 4. The highest BCUT2D eigenvalue weighted by Gasteiger charge is 2.26. The molecule has 0 amide bonds. The largest absolute Gasteiger partial charge is 0.456 e. The summed E-state index contributed by atoms with van der Waals surface area (Å²) >= 11 is 0. The molecule has 0 saturated carbocycles. The van der Waals surface area contributed by atoms with E-state index in [9.17, 15) is 0 Å². The summed E-state index contributed by atoms with van der Waals surface area (Å²) in [7, 11) is 0. The van der Waals surface area contributed by atoms with Crippen LogP contribution in [0.5, 0.6) is 0 Å². The molecule has 0 bridgehead atoms. The van der Waals surface area contributed by atoms with E-state index in [0.29, 0.717) is 17.5 Å². The zero-order valence-electron chi connectivity index (χ0n) is 40.6. The molecule has 12 rings (SSSR count). The van der Waals surface area contributed by atoms with Gasteiger partial charge in [0.25, 0.3) is 0 Å². The standard InChI is InChI=1S/C65H54N4O/c1-64(2,3)47-33-35-55-53(39-47)54-40-48(65(4,5)6)34-36-56(54)69(55)60-51(43-21-12-8-13-22-43)37-46(38-52(60)44-23-14-9-15-24-44)62-66-61(45-31-29-42(30-32-45)41-19-10-7-11-20-41)67-63(68-62)50-26-18-28-58-59(50)49-25-16-17-27-57(49)70-58/h7-17,19-25,27-40H,18,26H2,1-6H3. The third-order valence-corrected chi connectivity index (χ3v) is 14.1. The van der Waals surface area contributed by atoms with E-state index in [4.69, 9.17) is 19.4 Å². The smallest absolute Gasteiger partial charge is 0.164 e. The van der Waals surface area contributed by atoms with Crippen LogP contribution in [0.2, 0.25) is 0 Å². The Kier molecular flexibility index (Phi) is 10.4. The summed E-state index contributed by atoms with van der Waals surface area (Å²) in [6.07, 6.45) is 3.80. The summed E-state index contributed by atoms with van der Waals surface area (Å²) in [5, 5.41) is 4.61. The van der Waals surface area contributed by atoms with Gasteiger partial charge in [0.2, 0.25) is 0 Å². The minimum Gasteiger partial charge on any atom is -0.456 e. The van der Waals surface area contributed by atoms with Crippen LogP contribution in [0, 0.1) is 0 Å². The number of fused-ring (bicyclic) bond motifs is 6. The summed E-state index contributed by atoms with van der Waals surface area (Å²) in [6, 6.07) is 67.7. The van der Waals surface area contributed by atoms with Gasteiger partial charge in [0, 0.05) is 49.2 Å². The lowest BCUT2D eigenvalue weighted by molar-refractivity contribution is 0.571. The third kappa shape index (κ3) is 7.63. The number of para-hydroxylation sites is 1. The summed E-state index contributed by atoms with van der Waals surface area (Å²) < 4.78 is 8.97. The van der Waals surface area contributed by atoms with Crippen LogP contribution in [0.15, 0.2) is 192 Å². The number of benzene rings is 8. The molecule has 0 radical (unpaired) electrons. The summed E-state index contributed by atoms with van der Waals surface area (Å²) in [6.45, 7) is 13.8. The molecule has 3 heterocycles. The van der Waals surface area contributed by atoms with Crippen molar-refractivity contribution in [3.63, 3.8) is 0 Å². The number of nitrogens with zero attached hydrogens (tertiary/aromatic N) is 4. The lowest BCUT2D eigenvalue weighted by Gasteiger charge is -2.22. The van der Waals surface area contributed by atoms with Crippen LogP contribution in [-0.2, 0) is 10.8 Å². The summed E-state index contributed by atoms with van der Waals surface area (Å²) in [5.41, 5.74) is 17.3. The number of furan rings is 1. The molecule has 1 aliphatic carbocycles.